The van der Waals surface area contributed by atoms with Gasteiger partial charge in [-0.05, 0) is 53.1 Å². The number of morpholine rings is 1. The van der Waals surface area contributed by atoms with Crippen molar-refractivity contribution in [3.05, 3.63) is 71.0 Å². The van der Waals surface area contributed by atoms with Crippen LogP contribution in [0.15, 0.2) is 70.3 Å². The molecule has 1 aliphatic carbocycles. The zero-order valence-electron chi connectivity index (χ0n) is 18.9. The highest BCUT2D eigenvalue weighted by Gasteiger charge is 2.33. The van der Waals surface area contributed by atoms with Crippen LogP contribution in [0, 0.1) is 0 Å². The molecule has 0 atom stereocenters. The van der Waals surface area contributed by atoms with Crippen LogP contribution in [0.5, 0.6) is 0 Å². The van der Waals surface area contributed by atoms with E-state index in [9.17, 15) is 13.2 Å². The number of allylic oxidation sites excluding steroid dienone is 4. The van der Waals surface area contributed by atoms with E-state index in [-0.39, 0.29) is 16.7 Å². The SMILES string of the molecule is FC(F)(F)Sc1cccc(C2=C3C=CC(=[O+]CCCN4CCOCC4)C=C3C3=CCCN3C2)c1. The molecule has 0 unspecified atom stereocenters. The van der Waals surface area contributed by atoms with Gasteiger partial charge in [-0.25, -0.2) is 0 Å². The Morgan fingerprint density at radius 3 is 2.76 bits per heavy atom. The molecule has 8 heteroatoms. The smallest absolute Gasteiger partial charge is 0.379 e. The van der Waals surface area contributed by atoms with Gasteiger partial charge in [0.05, 0.1) is 19.3 Å². The van der Waals surface area contributed by atoms with E-state index >= 15 is 0 Å². The predicted octanol–water partition coefficient (Wildman–Crippen LogP) is 4.98. The maximum atomic E-state index is 12.9. The Labute approximate surface area is 202 Å². The number of thioether (sulfide) groups is 1. The van der Waals surface area contributed by atoms with Gasteiger partial charge in [0.15, 0.2) is 0 Å². The normalized spacial score (nSPS) is 22.1. The maximum Gasteiger partial charge on any atom is 0.446 e. The first-order valence-electron chi connectivity index (χ1n) is 11.7. The molecule has 1 aromatic carbocycles. The second-order valence-electron chi connectivity index (χ2n) is 8.72. The quantitative estimate of drug-likeness (QED) is 0.320. The zero-order valence-corrected chi connectivity index (χ0v) is 19.8. The van der Waals surface area contributed by atoms with E-state index in [1.165, 1.54) is 11.8 Å². The van der Waals surface area contributed by atoms with Crippen LogP contribution in [0.3, 0.4) is 0 Å². The lowest BCUT2D eigenvalue weighted by Crippen LogP contribution is -2.37. The van der Waals surface area contributed by atoms with Crippen LogP contribution in [-0.4, -0.2) is 73.6 Å². The van der Waals surface area contributed by atoms with E-state index in [4.69, 9.17) is 9.16 Å². The van der Waals surface area contributed by atoms with E-state index in [0.29, 0.717) is 13.2 Å². The van der Waals surface area contributed by atoms with Crippen LogP contribution in [0.2, 0.25) is 0 Å². The van der Waals surface area contributed by atoms with Crippen LogP contribution in [-0.2, 0) is 9.16 Å². The van der Waals surface area contributed by atoms with Gasteiger partial charge in [0.25, 0.3) is 6.61 Å². The Kier molecular flexibility index (Phi) is 6.99. The van der Waals surface area contributed by atoms with E-state index in [2.05, 4.69) is 28.0 Å². The molecule has 1 aromatic rings. The van der Waals surface area contributed by atoms with Crippen molar-refractivity contribution in [2.75, 3.05) is 52.5 Å². The molecule has 4 nitrogen and oxygen atoms in total. The van der Waals surface area contributed by atoms with Crippen molar-refractivity contribution in [2.45, 2.75) is 23.2 Å². The highest BCUT2D eigenvalue weighted by molar-refractivity contribution is 8.00. The van der Waals surface area contributed by atoms with E-state index < -0.39 is 5.51 Å². The van der Waals surface area contributed by atoms with Gasteiger partial charge in [-0.15, -0.1) is 0 Å². The van der Waals surface area contributed by atoms with Gasteiger partial charge in [-0.3, -0.25) is 9.32 Å². The molecule has 4 aliphatic rings. The minimum absolute atomic E-state index is 0.0652. The topological polar surface area (TPSA) is 27.0 Å². The molecule has 0 radical (unpaired) electrons. The zero-order chi connectivity index (χ0) is 23.5. The monoisotopic (exact) mass is 489 g/mol. The minimum atomic E-state index is -4.30. The Morgan fingerprint density at radius 1 is 1.09 bits per heavy atom. The number of carbonyl (C=O) groups excluding carboxylic acids is 1. The first-order chi connectivity index (χ1) is 16.5. The van der Waals surface area contributed by atoms with Gasteiger partial charge in [-0.1, -0.05) is 18.2 Å². The Balaban J connectivity index is 1.37. The molecule has 1 saturated heterocycles. The third-order valence-electron chi connectivity index (χ3n) is 6.43. The van der Waals surface area contributed by atoms with Crippen LogP contribution >= 0.6 is 11.8 Å². The van der Waals surface area contributed by atoms with Crippen molar-refractivity contribution in [1.82, 2.24) is 9.80 Å². The molecule has 1 fully saturated rings. The number of benzene rings is 1. The van der Waals surface area contributed by atoms with Gasteiger partial charge < -0.3 is 9.64 Å². The van der Waals surface area contributed by atoms with Gasteiger partial charge in [0.1, 0.15) is 0 Å². The first-order valence-corrected chi connectivity index (χ1v) is 12.5. The number of alkyl halides is 3. The summed E-state index contributed by atoms with van der Waals surface area (Å²) in [6.45, 7) is 6.80. The molecule has 3 heterocycles. The van der Waals surface area contributed by atoms with Gasteiger partial charge in [-0.2, -0.15) is 13.2 Å². The molecule has 0 bridgehead atoms. The molecule has 0 aromatic heterocycles. The highest BCUT2D eigenvalue weighted by Crippen LogP contribution is 2.42. The van der Waals surface area contributed by atoms with Crippen molar-refractivity contribution in [3.8, 4) is 0 Å². The number of hydrogen-bond donors (Lipinski definition) is 0. The molecule has 0 saturated carbocycles. The van der Waals surface area contributed by atoms with Crippen molar-refractivity contribution < 1.29 is 22.3 Å². The fourth-order valence-corrected chi connectivity index (χ4v) is 5.45. The Hall–Kier alpha value is -2.29. The highest BCUT2D eigenvalue weighted by atomic mass is 32.2. The third kappa shape index (κ3) is 5.50. The Morgan fingerprint density at radius 2 is 1.94 bits per heavy atom. The molecule has 5 rings (SSSR count). The summed E-state index contributed by atoms with van der Waals surface area (Å²) in [4.78, 5) is 4.92. The summed E-state index contributed by atoms with van der Waals surface area (Å²) in [6, 6.07) is 6.77. The predicted molar refractivity (Wildman–Crippen MR) is 129 cm³/mol. The molecule has 0 spiro atoms. The molecular weight excluding hydrogens is 461 g/mol. The van der Waals surface area contributed by atoms with Crippen molar-refractivity contribution in [1.29, 1.82) is 0 Å². The second kappa shape index (κ2) is 10.1. The molecule has 3 aliphatic heterocycles. The summed E-state index contributed by atoms with van der Waals surface area (Å²) in [5.41, 5.74) is 0.946. The largest absolute Gasteiger partial charge is 0.446 e. The average molecular weight is 490 g/mol. The summed E-state index contributed by atoms with van der Waals surface area (Å²) in [6.07, 6.45) is 10.3. The molecule has 180 valence electrons. The van der Waals surface area contributed by atoms with Crippen molar-refractivity contribution in [2.24, 2.45) is 0 Å². The number of hydrogen-bond acceptors (Lipinski definition) is 4. The fourth-order valence-electron chi connectivity index (χ4n) is 4.85. The lowest BCUT2D eigenvalue weighted by molar-refractivity contribution is -0.456. The first kappa shape index (κ1) is 23.5. The molecule has 34 heavy (non-hydrogen) atoms. The van der Waals surface area contributed by atoms with E-state index in [0.717, 1.165) is 80.3 Å². The maximum absolute atomic E-state index is 12.9. The fraction of sp³-hybridized carbons (Fsp3) is 0.423. The number of halogens is 3. The Bertz CT molecular complexity index is 1080. The van der Waals surface area contributed by atoms with Crippen LogP contribution in [0.4, 0.5) is 13.2 Å². The van der Waals surface area contributed by atoms with Crippen LogP contribution in [0.1, 0.15) is 18.4 Å². The molecule has 0 N–H and O–H groups in total. The van der Waals surface area contributed by atoms with Gasteiger partial charge >= 0.3 is 11.3 Å². The standard InChI is InChI=1S/C26H28F3N2O2S/c27-26(28,29)34-21-5-1-4-19(16-21)24-18-31-10-2-6-25(31)23-17-20(7-8-22(23)24)33-13-3-9-30-11-14-32-15-12-30/h1,4-8,16-17H,2-3,9-15,18H2/q+1. The molecular formula is C26H28F3N2O2S+. The summed E-state index contributed by atoms with van der Waals surface area (Å²) in [5.74, 6) is 0.830. The lowest BCUT2D eigenvalue weighted by atomic mass is 9.85. The summed E-state index contributed by atoms with van der Waals surface area (Å²) in [5, 5.41) is 0. The van der Waals surface area contributed by atoms with Gasteiger partial charge in [0.2, 0.25) is 0 Å². The van der Waals surface area contributed by atoms with Crippen LogP contribution in [0.25, 0.3) is 5.57 Å². The van der Waals surface area contributed by atoms with E-state index in [1.54, 1.807) is 12.1 Å². The van der Waals surface area contributed by atoms with Crippen molar-refractivity contribution in [3.63, 3.8) is 0 Å². The number of ketones is 1. The number of nitrogens with zero attached hydrogens (tertiary/aromatic N) is 2. The summed E-state index contributed by atoms with van der Waals surface area (Å²) >= 11 is -0.0652. The summed E-state index contributed by atoms with van der Waals surface area (Å²) < 4.78 is 50.3. The third-order valence-corrected chi connectivity index (χ3v) is 7.15. The van der Waals surface area contributed by atoms with E-state index in [1.807, 2.05) is 12.1 Å². The number of ether oxygens (including phenoxy) is 1. The van der Waals surface area contributed by atoms with Crippen LogP contribution < -0.4 is 0 Å². The average Bonchev–Trinajstić information content (AvgIpc) is 3.30. The minimum Gasteiger partial charge on any atom is -0.379 e. The van der Waals surface area contributed by atoms with Crippen molar-refractivity contribution >= 4 is 23.1 Å². The van der Waals surface area contributed by atoms with Gasteiger partial charge in [0, 0.05) is 61.4 Å². The second-order valence-corrected chi connectivity index (χ2v) is 9.86. The number of fused-ring (bicyclic) bond motifs is 3. The summed E-state index contributed by atoms with van der Waals surface area (Å²) in [7, 11) is 0. The number of rotatable bonds is 6. The lowest BCUT2D eigenvalue weighted by Gasteiger charge is -2.33. The molecule has 0 amide bonds.